The van der Waals surface area contributed by atoms with E-state index in [-0.39, 0.29) is 17.7 Å². The zero-order chi connectivity index (χ0) is 23.7. The molecule has 5 nitrogen and oxygen atoms in total. The molecule has 0 saturated heterocycles. The Labute approximate surface area is 200 Å². The first-order chi connectivity index (χ1) is 16.6. The van der Waals surface area contributed by atoms with Gasteiger partial charge >= 0.3 is 0 Å². The van der Waals surface area contributed by atoms with E-state index >= 15 is 0 Å². The van der Waals surface area contributed by atoms with Crippen LogP contribution in [0.25, 0.3) is 0 Å². The summed E-state index contributed by atoms with van der Waals surface area (Å²) in [5.41, 5.74) is 7.18. The number of fused-ring (bicyclic) bond motifs is 1. The summed E-state index contributed by atoms with van der Waals surface area (Å²) in [5.74, 6) is 1.65. The van der Waals surface area contributed by atoms with Crippen molar-refractivity contribution in [3.05, 3.63) is 94.7 Å². The molecule has 5 rings (SSSR count). The molecule has 1 heterocycles. The number of ketones is 1. The van der Waals surface area contributed by atoms with Crippen molar-refractivity contribution in [3.8, 4) is 11.5 Å². The fourth-order valence-corrected chi connectivity index (χ4v) is 5.08. The highest BCUT2D eigenvalue weighted by Gasteiger charge is 2.36. The zero-order valence-corrected chi connectivity index (χ0v) is 19.9. The molecule has 2 unspecified atom stereocenters. The Bertz CT molecular complexity index is 1260. The Kier molecular flexibility index (Phi) is 6.01. The van der Waals surface area contributed by atoms with E-state index in [0.29, 0.717) is 18.8 Å². The van der Waals surface area contributed by atoms with Gasteiger partial charge in [-0.15, -0.1) is 0 Å². The van der Waals surface area contributed by atoms with Gasteiger partial charge in [0, 0.05) is 17.7 Å². The van der Waals surface area contributed by atoms with Crippen molar-refractivity contribution in [1.82, 2.24) is 0 Å². The van der Waals surface area contributed by atoms with Gasteiger partial charge in [-0.1, -0.05) is 42.5 Å². The molecule has 1 aliphatic carbocycles. The summed E-state index contributed by atoms with van der Waals surface area (Å²) >= 11 is 0. The molecule has 3 aromatic carbocycles. The van der Waals surface area contributed by atoms with Gasteiger partial charge in [0.25, 0.3) is 0 Å². The third kappa shape index (κ3) is 4.03. The molecule has 1 aliphatic heterocycles. The van der Waals surface area contributed by atoms with E-state index in [2.05, 4.69) is 47.9 Å². The minimum atomic E-state index is -0.198. The summed E-state index contributed by atoms with van der Waals surface area (Å²) in [6.45, 7) is 4.63. The highest BCUT2D eigenvalue weighted by Crippen LogP contribution is 2.45. The average molecular weight is 455 g/mol. The number of carbonyl (C=O) groups is 1. The number of nitrogens with one attached hydrogen (secondary N) is 2. The van der Waals surface area contributed by atoms with E-state index in [0.717, 1.165) is 51.5 Å². The molecule has 174 valence electrons. The van der Waals surface area contributed by atoms with Crippen LogP contribution < -0.4 is 20.1 Å². The number of methoxy groups -OCH3 is 1. The molecule has 0 fully saturated rings. The maximum atomic E-state index is 13.7. The maximum absolute atomic E-state index is 13.7. The first kappa shape index (κ1) is 22.1. The molecule has 5 heteroatoms. The van der Waals surface area contributed by atoms with Crippen LogP contribution in [0.1, 0.15) is 48.4 Å². The molecule has 2 atom stereocenters. The molecular formula is C29H30N2O3. The molecular weight excluding hydrogens is 424 g/mol. The molecule has 2 N–H and O–H groups in total. The normalized spacial score (nSPS) is 19.3. The summed E-state index contributed by atoms with van der Waals surface area (Å²) in [6.07, 6.45) is 1.20. The van der Waals surface area contributed by atoms with Gasteiger partial charge in [0.1, 0.15) is 0 Å². The van der Waals surface area contributed by atoms with Crippen molar-refractivity contribution in [3.63, 3.8) is 0 Å². The Balaban J connectivity index is 1.57. The lowest BCUT2D eigenvalue weighted by atomic mass is 9.78. The van der Waals surface area contributed by atoms with Crippen LogP contribution >= 0.6 is 0 Å². The summed E-state index contributed by atoms with van der Waals surface area (Å²) in [5, 5.41) is 7.27. The number of carbonyl (C=O) groups excluding carboxylic acids is 1. The first-order valence-electron chi connectivity index (χ1n) is 11.8. The molecule has 0 bridgehead atoms. The highest BCUT2D eigenvalue weighted by molar-refractivity contribution is 6.01. The van der Waals surface area contributed by atoms with Crippen LogP contribution in [-0.2, 0) is 4.79 Å². The third-order valence-corrected chi connectivity index (χ3v) is 6.77. The lowest BCUT2D eigenvalue weighted by molar-refractivity contribution is -0.116. The summed E-state index contributed by atoms with van der Waals surface area (Å²) < 4.78 is 11.3. The minimum Gasteiger partial charge on any atom is -0.493 e. The minimum absolute atomic E-state index is 0.0612. The molecule has 0 amide bonds. The Morgan fingerprint density at radius 3 is 2.47 bits per heavy atom. The van der Waals surface area contributed by atoms with Crippen molar-refractivity contribution in [2.45, 2.75) is 38.6 Å². The van der Waals surface area contributed by atoms with Crippen molar-refractivity contribution < 1.29 is 14.3 Å². The number of Topliss-reactive ketones (excluding diaryl/α,β-unsaturated/α-hetero) is 1. The number of rotatable bonds is 5. The molecule has 0 radical (unpaired) electrons. The van der Waals surface area contributed by atoms with E-state index < -0.39 is 0 Å². The van der Waals surface area contributed by atoms with Crippen LogP contribution in [0, 0.1) is 6.92 Å². The molecule has 2 aliphatic rings. The van der Waals surface area contributed by atoms with Crippen LogP contribution in [0.15, 0.2) is 78.0 Å². The second kappa shape index (κ2) is 9.26. The van der Waals surface area contributed by atoms with Gasteiger partial charge in [0.2, 0.25) is 0 Å². The van der Waals surface area contributed by atoms with Crippen molar-refractivity contribution >= 4 is 17.2 Å². The van der Waals surface area contributed by atoms with Crippen LogP contribution in [0.2, 0.25) is 0 Å². The zero-order valence-electron chi connectivity index (χ0n) is 19.9. The number of aryl methyl sites for hydroxylation is 1. The predicted octanol–water partition coefficient (Wildman–Crippen LogP) is 6.38. The van der Waals surface area contributed by atoms with Gasteiger partial charge in [-0.2, -0.15) is 0 Å². The molecule has 3 aromatic rings. The van der Waals surface area contributed by atoms with Crippen LogP contribution in [0.3, 0.4) is 0 Å². The van der Waals surface area contributed by atoms with Gasteiger partial charge in [0.15, 0.2) is 17.3 Å². The molecule has 0 spiro atoms. The molecule has 0 saturated carbocycles. The van der Waals surface area contributed by atoms with Gasteiger partial charge in [-0.05, 0) is 67.1 Å². The maximum Gasteiger partial charge on any atom is 0.163 e. The topological polar surface area (TPSA) is 59.6 Å². The number of ether oxygens (including phenoxy) is 2. The van der Waals surface area contributed by atoms with Gasteiger partial charge in [-0.3, -0.25) is 4.79 Å². The monoisotopic (exact) mass is 454 g/mol. The Morgan fingerprint density at radius 2 is 1.71 bits per heavy atom. The van der Waals surface area contributed by atoms with Crippen molar-refractivity contribution in [2.24, 2.45) is 0 Å². The number of para-hydroxylation sites is 2. The number of allylic oxidation sites excluding steroid dienone is 1. The Hall–Kier alpha value is -3.73. The van der Waals surface area contributed by atoms with Crippen molar-refractivity contribution in [2.75, 3.05) is 24.4 Å². The predicted molar refractivity (Wildman–Crippen MR) is 136 cm³/mol. The fraction of sp³-hybridized carbons (Fsp3) is 0.276. The summed E-state index contributed by atoms with van der Waals surface area (Å²) in [4.78, 5) is 13.7. The van der Waals surface area contributed by atoms with Gasteiger partial charge in [0.05, 0.1) is 31.1 Å². The second-order valence-corrected chi connectivity index (χ2v) is 8.87. The number of benzene rings is 3. The lowest BCUT2D eigenvalue weighted by Gasteiger charge is -2.30. The standard InChI is InChI=1S/C29H30N2O3/c1-4-34-26-14-13-19(17-27(26)33-3)20-15-24-28(25(32)16-20)29(21-10-6-5-9-18(21)2)31-23-12-8-7-11-22(23)30-24/h5-14,17,20,29-31H,4,15-16H2,1-3H3. The Morgan fingerprint density at radius 1 is 0.941 bits per heavy atom. The van der Waals surface area contributed by atoms with E-state index in [1.807, 2.05) is 43.3 Å². The summed E-state index contributed by atoms with van der Waals surface area (Å²) in [7, 11) is 1.65. The number of hydrogen-bond acceptors (Lipinski definition) is 5. The van der Waals surface area contributed by atoms with E-state index in [9.17, 15) is 4.79 Å². The smallest absolute Gasteiger partial charge is 0.163 e. The fourth-order valence-electron chi connectivity index (χ4n) is 5.08. The quantitative estimate of drug-likeness (QED) is 0.468. The highest BCUT2D eigenvalue weighted by atomic mass is 16.5. The first-order valence-corrected chi connectivity index (χ1v) is 11.8. The summed E-state index contributed by atoms with van der Waals surface area (Å²) in [6, 6.07) is 22.2. The third-order valence-electron chi connectivity index (χ3n) is 6.77. The largest absolute Gasteiger partial charge is 0.493 e. The van der Waals surface area contributed by atoms with Crippen LogP contribution in [-0.4, -0.2) is 19.5 Å². The van der Waals surface area contributed by atoms with Crippen molar-refractivity contribution in [1.29, 1.82) is 0 Å². The lowest BCUT2D eigenvalue weighted by Crippen LogP contribution is -2.27. The van der Waals surface area contributed by atoms with E-state index in [1.165, 1.54) is 0 Å². The van der Waals surface area contributed by atoms with Crippen LogP contribution in [0.4, 0.5) is 11.4 Å². The average Bonchev–Trinajstić information content (AvgIpc) is 3.01. The number of hydrogen-bond donors (Lipinski definition) is 2. The van der Waals surface area contributed by atoms with E-state index in [4.69, 9.17) is 9.47 Å². The molecule has 0 aromatic heterocycles. The SMILES string of the molecule is CCOc1ccc(C2CC(=O)C3=C(C2)Nc2ccccc2NC3c2ccccc2C)cc1OC. The van der Waals surface area contributed by atoms with E-state index in [1.54, 1.807) is 7.11 Å². The van der Waals surface area contributed by atoms with Gasteiger partial charge < -0.3 is 20.1 Å². The van der Waals surface area contributed by atoms with Crippen LogP contribution in [0.5, 0.6) is 11.5 Å². The van der Waals surface area contributed by atoms with Gasteiger partial charge in [-0.25, -0.2) is 0 Å². The number of anilines is 2. The molecule has 34 heavy (non-hydrogen) atoms. The second-order valence-electron chi connectivity index (χ2n) is 8.87.